The summed E-state index contributed by atoms with van der Waals surface area (Å²) in [5.41, 5.74) is 13.4. The van der Waals surface area contributed by atoms with Crippen molar-refractivity contribution in [1.29, 1.82) is 0 Å². The molecular weight excluding hydrogens is 304 g/mol. The van der Waals surface area contributed by atoms with Gasteiger partial charge in [0.15, 0.2) is 0 Å². The highest BCUT2D eigenvalue weighted by atomic mass is 32.3. The third-order valence-corrected chi connectivity index (χ3v) is 1.24. The molecule has 0 fully saturated rings. The van der Waals surface area contributed by atoms with E-state index in [1.165, 1.54) is 0 Å². The number of hydrogen-bond acceptors (Lipinski definition) is 6. The maximum atomic E-state index is 8.74. The zero-order valence-corrected chi connectivity index (χ0v) is 11.3. The maximum Gasteiger partial charge on any atom is 0.394 e. The first-order valence-electron chi connectivity index (χ1n) is 4.21. The fourth-order valence-corrected chi connectivity index (χ4v) is 0.694. The number of nitrogens with two attached hydrogens (primary N) is 2. The fourth-order valence-electron chi connectivity index (χ4n) is 0.694. The lowest BCUT2D eigenvalue weighted by Crippen LogP contribution is -1.93. The number of benzene rings is 1. The molecule has 0 saturated carbocycles. The van der Waals surface area contributed by atoms with Crippen LogP contribution in [0.15, 0.2) is 18.2 Å². The molecule has 0 aromatic heterocycles. The molecule has 8 N–H and O–H groups in total. The highest BCUT2D eigenvalue weighted by Crippen LogP contribution is 2.14. The van der Waals surface area contributed by atoms with Crippen LogP contribution in [-0.4, -0.2) is 35.0 Å². The van der Waals surface area contributed by atoms with Gasteiger partial charge in [-0.1, -0.05) is 6.07 Å². The molecule has 0 saturated heterocycles. The van der Waals surface area contributed by atoms with E-state index in [2.05, 4.69) is 0 Å². The van der Waals surface area contributed by atoms with Crippen molar-refractivity contribution < 1.29 is 35.0 Å². The van der Waals surface area contributed by atoms with Gasteiger partial charge in [0, 0.05) is 0 Å². The standard InChI is InChI=1S/C7H10N2.2H2O4S/c1-5-2-3-6(8)7(9)4-5;2*1-5(2,3)4/h2-4H,8-9H2,1H3;2*(H2,1,2,3,4). The molecule has 1 aromatic rings. The zero-order chi connectivity index (χ0) is 15.9. The normalized spacial score (nSPS) is 10.6. The molecule has 1 rings (SSSR count). The number of rotatable bonds is 0. The predicted octanol–water partition coefficient (Wildman–Crippen LogP) is -0.146. The van der Waals surface area contributed by atoms with Crippen molar-refractivity contribution in [3.63, 3.8) is 0 Å². The maximum absolute atomic E-state index is 8.74. The summed E-state index contributed by atoms with van der Waals surface area (Å²) < 4.78 is 63.2. The van der Waals surface area contributed by atoms with Crippen LogP contribution in [0.2, 0.25) is 0 Å². The Balaban J connectivity index is 0. The number of nitrogen functional groups attached to an aromatic ring is 2. The van der Waals surface area contributed by atoms with Gasteiger partial charge in [0.1, 0.15) is 0 Å². The summed E-state index contributed by atoms with van der Waals surface area (Å²) in [6.45, 7) is 1.98. The molecule has 0 spiro atoms. The predicted molar refractivity (Wildman–Crippen MR) is 68.4 cm³/mol. The van der Waals surface area contributed by atoms with E-state index in [1.807, 2.05) is 25.1 Å². The van der Waals surface area contributed by atoms with Crippen molar-refractivity contribution in [1.82, 2.24) is 0 Å². The van der Waals surface area contributed by atoms with Crippen molar-refractivity contribution in [2.24, 2.45) is 0 Å². The molecule has 0 heterocycles. The summed E-state index contributed by atoms with van der Waals surface area (Å²) in [6.07, 6.45) is 0. The second kappa shape index (κ2) is 7.88. The van der Waals surface area contributed by atoms with Crippen LogP contribution in [0.4, 0.5) is 11.4 Å². The van der Waals surface area contributed by atoms with Crippen molar-refractivity contribution in [2.45, 2.75) is 6.92 Å². The van der Waals surface area contributed by atoms with Crippen LogP contribution >= 0.6 is 0 Å². The molecule has 12 heteroatoms. The minimum absolute atomic E-state index is 0.653. The minimum atomic E-state index is -4.67. The lowest BCUT2D eigenvalue weighted by molar-refractivity contribution is 0.378. The smallest absolute Gasteiger partial charge is 0.394 e. The molecule has 0 radical (unpaired) electrons. The molecule has 0 atom stereocenters. The zero-order valence-electron chi connectivity index (χ0n) is 9.63. The summed E-state index contributed by atoms with van der Waals surface area (Å²) >= 11 is 0. The highest BCUT2D eigenvalue weighted by Gasteiger charge is 1.90. The van der Waals surface area contributed by atoms with Crippen molar-refractivity contribution in [3.05, 3.63) is 23.8 Å². The average Bonchev–Trinajstić information content (AvgIpc) is 2.06. The van der Waals surface area contributed by atoms with Gasteiger partial charge in [0.05, 0.1) is 11.4 Å². The van der Waals surface area contributed by atoms with Gasteiger partial charge in [0.25, 0.3) is 0 Å². The minimum Gasteiger partial charge on any atom is -0.397 e. The Morgan fingerprint density at radius 3 is 1.37 bits per heavy atom. The summed E-state index contributed by atoms with van der Waals surface area (Å²) in [7, 11) is -9.33. The molecule has 0 aliphatic carbocycles. The van der Waals surface area contributed by atoms with Gasteiger partial charge in [-0.2, -0.15) is 16.8 Å². The molecule has 1 aromatic carbocycles. The SMILES string of the molecule is Cc1ccc(N)c(N)c1.O=S(=O)(O)O.O=S(=O)(O)O. The quantitative estimate of drug-likeness (QED) is 0.276. The molecule has 10 nitrogen and oxygen atoms in total. The monoisotopic (exact) mass is 318 g/mol. The number of aryl methyl sites for hydroxylation is 1. The van der Waals surface area contributed by atoms with E-state index in [4.69, 9.17) is 46.5 Å². The molecule has 0 aliphatic rings. The number of anilines is 2. The second-order valence-electron chi connectivity index (χ2n) is 3.03. The topological polar surface area (TPSA) is 201 Å². The molecular formula is C7H14N2O8S2. The van der Waals surface area contributed by atoms with Crippen LogP contribution in [-0.2, 0) is 20.8 Å². The van der Waals surface area contributed by atoms with Crippen molar-refractivity contribution >= 4 is 32.2 Å². The van der Waals surface area contributed by atoms with E-state index in [-0.39, 0.29) is 0 Å². The van der Waals surface area contributed by atoms with Gasteiger partial charge >= 0.3 is 20.8 Å². The third-order valence-electron chi connectivity index (χ3n) is 1.24. The summed E-state index contributed by atoms with van der Waals surface area (Å²) in [5, 5.41) is 0. The lowest BCUT2D eigenvalue weighted by atomic mass is 10.2. The molecule has 0 amide bonds. The van der Waals surface area contributed by atoms with Gasteiger partial charge in [-0.3, -0.25) is 18.2 Å². The largest absolute Gasteiger partial charge is 0.397 e. The van der Waals surface area contributed by atoms with Crippen LogP contribution in [0.25, 0.3) is 0 Å². The Hall–Kier alpha value is -1.44. The Labute approximate surface area is 110 Å². The summed E-state index contributed by atoms with van der Waals surface area (Å²) in [4.78, 5) is 0. The van der Waals surface area contributed by atoms with Crippen LogP contribution in [0.3, 0.4) is 0 Å². The van der Waals surface area contributed by atoms with Crippen LogP contribution in [0, 0.1) is 6.92 Å². The first-order chi connectivity index (χ1) is 8.20. The van der Waals surface area contributed by atoms with Crippen LogP contribution in [0.1, 0.15) is 5.56 Å². The van der Waals surface area contributed by atoms with Crippen molar-refractivity contribution in [2.75, 3.05) is 11.5 Å². The van der Waals surface area contributed by atoms with Gasteiger partial charge < -0.3 is 11.5 Å². The average molecular weight is 318 g/mol. The summed E-state index contributed by atoms with van der Waals surface area (Å²) in [5.74, 6) is 0. The van der Waals surface area contributed by atoms with E-state index in [9.17, 15) is 0 Å². The Kier molecular flexibility index (Phi) is 8.25. The highest BCUT2D eigenvalue weighted by molar-refractivity contribution is 7.80. The molecule has 0 unspecified atom stereocenters. The van der Waals surface area contributed by atoms with E-state index >= 15 is 0 Å². The van der Waals surface area contributed by atoms with Crippen LogP contribution < -0.4 is 11.5 Å². The summed E-state index contributed by atoms with van der Waals surface area (Å²) in [6, 6.07) is 5.60. The van der Waals surface area contributed by atoms with E-state index in [0.29, 0.717) is 11.4 Å². The van der Waals surface area contributed by atoms with Gasteiger partial charge in [0.2, 0.25) is 0 Å². The molecule has 112 valence electrons. The Morgan fingerprint density at radius 1 is 0.842 bits per heavy atom. The fraction of sp³-hybridized carbons (Fsp3) is 0.143. The van der Waals surface area contributed by atoms with E-state index in [1.54, 1.807) is 0 Å². The Morgan fingerprint density at radius 2 is 1.16 bits per heavy atom. The molecule has 19 heavy (non-hydrogen) atoms. The Bertz CT molecular complexity index is 550. The lowest BCUT2D eigenvalue weighted by Gasteiger charge is -1.98. The first kappa shape index (κ1) is 19.9. The van der Waals surface area contributed by atoms with Crippen molar-refractivity contribution in [3.8, 4) is 0 Å². The van der Waals surface area contributed by atoms with E-state index < -0.39 is 20.8 Å². The molecule has 0 bridgehead atoms. The first-order valence-corrected chi connectivity index (χ1v) is 7.01. The van der Waals surface area contributed by atoms with Crippen LogP contribution in [0.5, 0.6) is 0 Å². The number of hydrogen-bond donors (Lipinski definition) is 6. The van der Waals surface area contributed by atoms with Gasteiger partial charge in [-0.05, 0) is 24.6 Å². The second-order valence-corrected chi connectivity index (χ2v) is 4.82. The van der Waals surface area contributed by atoms with Gasteiger partial charge in [-0.15, -0.1) is 0 Å². The van der Waals surface area contributed by atoms with E-state index in [0.717, 1.165) is 5.56 Å². The van der Waals surface area contributed by atoms with Gasteiger partial charge in [-0.25, -0.2) is 0 Å². The third kappa shape index (κ3) is 26.3. The molecule has 0 aliphatic heterocycles.